The van der Waals surface area contributed by atoms with Crippen molar-refractivity contribution >= 4 is 23.2 Å². The predicted molar refractivity (Wildman–Crippen MR) is 152 cm³/mol. The molecule has 0 aliphatic carbocycles. The Morgan fingerprint density at radius 1 is 1.07 bits per heavy atom. The minimum Gasteiger partial charge on any atom is -0.496 e. The van der Waals surface area contributed by atoms with Crippen molar-refractivity contribution < 1.29 is 28.3 Å². The van der Waals surface area contributed by atoms with Crippen molar-refractivity contribution in [2.45, 2.75) is 26.1 Å². The fraction of sp³-hybridized carbons (Fsp3) is 0.233. The Hall–Kier alpha value is -5.10. The van der Waals surface area contributed by atoms with Gasteiger partial charge in [-0.1, -0.05) is 0 Å². The van der Waals surface area contributed by atoms with E-state index in [1.165, 1.54) is 43.6 Å². The number of halogens is 1. The number of nitrogens with one attached hydrogen (secondary N) is 2. The highest BCUT2D eigenvalue weighted by Crippen LogP contribution is 2.31. The summed E-state index contributed by atoms with van der Waals surface area (Å²) < 4.78 is 30.9. The Morgan fingerprint density at radius 2 is 1.95 bits per heavy atom. The Labute approximate surface area is 240 Å². The molecule has 0 saturated heterocycles. The molecule has 0 fully saturated rings. The van der Waals surface area contributed by atoms with Gasteiger partial charge in [-0.3, -0.25) is 14.9 Å². The summed E-state index contributed by atoms with van der Waals surface area (Å²) in [4.78, 5) is 32.7. The molecule has 0 spiro atoms. The first-order valence-electron chi connectivity index (χ1n) is 13.2. The molecule has 2 aliphatic rings. The average molecular weight is 574 g/mol. The summed E-state index contributed by atoms with van der Waals surface area (Å²) in [7, 11) is 1.47. The maximum absolute atomic E-state index is 13.6. The molecular formula is C30H28FN5O6. The van der Waals surface area contributed by atoms with Crippen molar-refractivity contribution in [3.63, 3.8) is 0 Å². The van der Waals surface area contributed by atoms with Gasteiger partial charge in [0.15, 0.2) is 0 Å². The van der Waals surface area contributed by atoms with E-state index in [1.54, 1.807) is 24.3 Å². The monoisotopic (exact) mass is 573 g/mol. The number of aromatic nitrogens is 2. The second-order valence-corrected chi connectivity index (χ2v) is 9.46. The van der Waals surface area contributed by atoms with Gasteiger partial charge in [0.25, 0.3) is 11.6 Å². The second-order valence-electron chi connectivity index (χ2n) is 9.46. The van der Waals surface area contributed by atoms with Crippen LogP contribution in [0.5, 0.6) is 11.5 Å². The van der Waals surface area contributed by atoms with Gasteiger partial charge in [0.2, 0.25) is 5.95 Å². The summed E-state index contributed by atoms with van der Waals surface area (Å²) >= 11 is 0. The highest BCUT2D eigenvalue weighted by atomic mass is 19.1. The SMILES string of the molecule is COc1cc(F)ccc1COc1ccc2cc1COCCCCNC(=O)c1ccc(c([N+](=O)[O-])c1)-c1ccnc(n1)N2. The Balaban J connectivity index is 1.45. The van der Waals surface area contributed by atoms with Crippen LogP contribution >= 0.6 is 0 Å². The zero-order valence-corrected chi connectivity index (χ0v) is 22.8. The van der Waals surface area contributed by atoms with Gasteiger partial charge >= 0.3 is 0 Å². The van der Waals surface area contributed by atoms with Gasteiger partial charge in [0, 0.05) is 53.9 Å². The quantitative estimate of drug-likeness (QED) is 0.232. The maximum Gasteiger partial charge on any atom is 0.279 e. The second kappa shape index (κ2) is 13.0. The van der Waals surface area contributed by atoms with E-state index in [-0.39, 0.29) is 36.0 Å². The number of ether oxygens (including phenoxy) is 3. The first-order valence-corrected chi connectivity index (χ1v) is 13.2. The van der Waals surface area contributed by atoms with Crippen LogP contribution in [0.2, 0.25) is 0 Å². The molecule has 6 bridgehead atoms. The minimum absolute atomic E-state index is 0.144. The molecule has 6 rings (SSSR count). The average Bonchev–Trinajstić information content (AvgIpc) is 2.99. The number of rotatable bonds is 5. The minimum atomic E-state index is -0.534. The topological polar surface area (TPSA) is 138 Å². The molecule has 3 heterocycles. The first-order chi connectivity index (χ1) is 20.4. The van der Waals surface area contributed by atoms with E-state index >= 15 is 0 Å². The summed E-state index contributed by atoms with van der Waals surface area (Å²) in [6, 6.07) is 15.5. The molecule has 4 aromatic rings. The lowest BCUT2D eigenvalue weighted by molar-refractivity contribution is -0.384. The number of benzene rings is 3. The van der Waals surface area contributed by atoms with Crippen molar-refractivity contribution in [3.05, 3.63) is 99.5 Å². The van der Waals surface area contributed by atoms with E-state index in [2.05, 4.69) is 20.6 Å². The van der Waals surface area contributed by atoms with Gasteiger partial charge in [0.1, 0.15) is 23.9 Å². The summed E-state index contributed by atoms with van der Waals surface area (Å²) in [5.74, 6) is 0.366. The van der Waals surface area contributed by atoms with Gasteiger partial charge in [-0.2, -0.15) is 0 Å². The van der Waals surface area contributed by atoms with E-state index in [1.807, 2.05) is 6.07 Å². The lowest BCUT2D eigenvalue weighted by Gasteiger charge is -2.16. The lowest BCUT2D eigenvalue weighted by Crippen LogP contribution is -2.24. The van der Waals surface area contributed by atoms with E-state index < -0.39 is 16.6 Å². The summed E-state index contributed by atoms with van der Waals surface area (Å²) in [5.41, 5.74) is 2.60. The zero-order valence-electron chi connectivity index (χ0n) is 22.8. The van der Waals surface area contributed by atoms with Crippen LogP contribution in [0, 0.1) is 15.9 Å². The third kappa shape index (κ3) is 6.78. The van der Waals surface area contributed by atoms with E-state index in [9.17, 15) is 19.3 Å². The normalized spacial score (nSPS) is 13.6. The van der Waals surface area contributed by atoms with E-state index in [4.69, 9.17) is 14.2 Å². The van der Waals surface area contributed by atoms with Crippen LogP contribution < -0.4 is 20.1 Å². The van der Waals surface area contributed by atoms with Crippen LogP contribution in [0.4, 0.5) is 21.7 Å². The molecule has 1 amide bonds. The molecule has 12 heteroatoms. The molecule has 1 aromatic heterocycles. The molecule has 2 N–H and O–H groups in total. The van der Waals surface area contributed by atoms with E-state index in [0.717, 1.165) is 5.56 Å². The molecule has 3 aromatic carbocycles. The molecule has 0 atom stereocenters. The molecule has 42 heavy (non-hydrogen) atoms. The fourth-order valence-electron chi connectivity index (χ4n) is 4.46. The van der Waals surface area contributed by atoms with Crippen LogP contribution in [0.3, 0.4) is 0 Å². The highest BCUT2D eigenvalue weighted by Gasteiger charge is 2.20. The van der Waals surface area contributed by atoms with Crippen LogP contribution in [-0.4, -0.2) is 41.1 Å². The standard InChI is InChI=1S/C30H28FN5O6/c1-40-28-16-22(31)6-4-20(28)18-42-27-9-7-23-14-21(27)17-41-13-3-2-11-32-29(37)19-5-8-24(26(15-19)36(38)39)25-10-12-33-30(34-23)35-25/h4-10,12,14-16H,2-3,11,13,17-18H2,1H3,(H,32,37)(H,33,34,35). The molecule has 0 unspecified atom stereocenters. The predicted octanol–water partition coefficient (Wildman–Crippen LogP) is 5.56. The van der Waals surface area contributed by atoms with Gasteiger partial charge in [-0.05, 0) is 61.4 Å². The molecule has 216 valence electrons. The largest absolute Gasteiger partial charge is 0.496 e. The lowest BCUT2D eigenvalue weighted by atomic mass is 10.1. The number of nitro benzene ring substituents is 1. The number of anilines is 2. The number of carbonyl (C=O) groups excluding carboxylic acids is 1. The maximum atomic E-state index is 13.6. The van der Waals surface area contributed by atoms with Crippen molar-refractivity contribution in [1.82, 2.24) is 15.3 Å². The Kier molecular flexibility index (Phi) is 8.83. The Bertz CT molecular complexity index is 1620. The third-order valence-corrected chi connectivity index (χ3v) is 6.60. The first kappa shape index (κ1) is 28.4. The van der Waals surface area contributed by atoms with Gasteiger partial charge in [0.05, 0.1) is 29.9 Å². The third-order valence-electron chi connectivity index (χ3n) is 6.60. The van der Waals surface area contributed by atoms with Crippen molar-refractivity contribution in [2.75, 3.05) is 25.6 Å². The fourth-order valence-corrected chi connectivity index (χ4v) is 4.46. The van der Waals surface area contributed by atoms with Gasteiger partial charge in [-0.15, -0.1) is 0 Å². The van der Waals surface area contributed by atoms with Crippen molar-refractivity contribution in [3.8, 4) is 22.8 Å². The molecule has 2 aliphatic heterocycles. The summed E-state index contributed by atoms with van der Waals surface area (Å²) in [5, 5.41) is 17.8. The van der Waals surface area contributed by atoms with Crippen molar-refractivity contribution in [1.29, 1.82) is 0 Å². The Morgan fingerprint density at radius 3 is 2.79 bits per heavy atom. The number of nitrogens with zero attached hydrogens (tertiary/aromatic N) is 3. The molecule has 0 saturated carbocycles. The smallest absolute Gasteiger partial charge is 0.279 e. The number of fused-ring (bicyclic) bond motifs is 9. The van der Waals surface area contributed by atoms with Crippen molar-refractivity contribution in [2.24, 2.45) is 0 Å². The van der Waals surface area contributed by atoms with Gasteiger partial charge in [-0.25, -0.2) is 14.4 Å². The summed E-state index contributed by atoms with van der Waals surface area (Å²) in [6.07, 6.45) is 2.83. The van der Waals surface area contributed by atoms with Crippen LogP contribution in [0.1, 0.15) is 34.3 Å². The highest BCUT2D eigenvalue weighted by molar-refractivity contribution is 5.96. The zero-order chi connectivity index (χ0) is 29.5. The van der Waals surface area contributed by atoms with E-state index in [0.29, 0.717) is 54.4 Å². The summed E-state index contributed by atoms with van der Waals surface area (Å²) in [6.45, 7) is 1.21. The van der Waals surface area contributed by atoms with Crippen LogP contribution in [0.25, 0.3) is 11.3 Å². The van der Waals surface area contributed by atoms with Crippen LogP contribution in [-0.2, 0) is 18.0 Å². The number of methoxy groups -OCH3 is 1. The number of hydrogen-bond acceptors (Lipinski definition) is 9. The number of hydrogen-bond donors (Lipinski definition) is 2. The molecular weight excluding hydrogens is 545 g/mol. The van der Waals surface area contributed by atoms with Gasteiger partial charge < -0.3 is 24.8 Å². The number of carbonyl (C=O) groups is 1. The molecule has 0 radical (unpaired) electrons. The number of nitro groups is 1. The molecule has 11 nitrogen and oxygen atoms in total. The number of amides is 1. The van der Waals surface area contributed by atoms with Crippen LogP contribution in [0.15, 0.2) is 66.9 Å².